The van der Waals surface area contributed by atoms with Gasteiger partial charge in [-0.2, -0.15) is 0 Å². The van der Waals surface area contributed by atoms with Gasteiger partial charge in [-0.1, -0.05) is 6.42 Å². The summed E-state index contributed by atoms with van der Waals surface area (Å²) in [6.07, 6.45) is 5.56. The number of amides is 1. The predicted octanol–water partition coefficient (Wildman–Crippen LogP) is 2.15. The maximum absolute atomic E-state index is 12.5. The Bertz CT molecular complexity index is 404. The van der Waals surface area contributed by atoms with Gasteiger partial charge in [0.2, 0.25) is 0 Å². The molecule has 2 N–H and O–H groups in total. The van der Waals surface area contributed by atoms with Crippen molar-refractivity contribution in [3.63, 3.8) is 0 Å². The minimum absolute atomic E-state index is 0.0728. The Morgan fingerprint density at radius 2 is 2.08 bits per heavy atom. The molecule has 1 aliphatic heterocycles. The Kier molecular flexibility index (Phi) is 6.89. The zero-order chi connectivity index (χ0) is 17.6. The van der Waals surface area contributed by atoms with Crippen LogP contribution >= 0.6 is 0 Å². The van der Waals surface area contributed by atoms with Gasteiger partial charge in [0.25, 0.3) is 0 Å². The van der Waals surface area contributed by atoms with Crippen LogP contribution in [-0.2, 0) is 9.47 Å². The average molecular weight is 342 g/mol. The van der Waals surface area contributed by atoms with Crippen LogP contribution in [0.1, 0.15) is 52.9 Å². The first-order chi connectivity index (χ1) is 11.3. The van der Waals surface area contributed by atoms with Gasteiger partial charge in [-0.15, -0.1) is 0 Å². The molecule has 1 spiro atoms. The Labute approximate surface area is 145 Å². The highest BCUT2D eigenvalue weighted by Crippen LogP contribution is 2.47. The molecule has 2 aliphatic rings. The van der Waals surface area contributed by atoms with Gasteiger partial charge in [-0.3, -0.25) is 0 Å². The van der Waals surface area contributed by atoms with Gasteiger partial charge < -0.3 is 24.8 Å². The Morgan fingerprint density at radius 1 is 1.33 bits per heavy atom. The van der Waals surface area contributed by atoms with Crippen molar-refractivity contribution in [2.45, 2.75) is 64.5 Å². The van der Waals surface area contributed by atoms with Gasteiger partial charge in [-0.25, -0.2) is 4.79 Å². The number of ether oxygens (including phenoxy) is 2. The second-order valence-corrected chi connectivity index (χ2v) is 8.26. The predicted molar refractivity (Wildman–Crippen MR) is 93.0 cm³/mol. The van der Waals surface area contributed by atoms with Crippen molar-refractivity contribution in [1.82, 2.24) is 10.2 Å². The molecular weight excluding hydrogens is 308 g/mol. The SMILES string of the molecule is CC(C)(C)OC(=O)N1CC(NCCCOCCO)CC2(CCC2)C1. The fourth-order valence-corrected chi connectivity index (χ4v) is 3.68. The molecule has 1 saturated heterocycles. The van der Waals surface area contributed by atoms with Crippen molar-refractivity contribution in [2.75, 3.05) is 39.5 Å². The van der Waals surface area contributed by atoms with Crippen molar-refractivity contribution in [1.29, 1.82) is 0 Å². The third-order valence-electron chi connectivity index (χ3n) is 4.85. The average Bonchev–Trinajstić information content (AvgIpc) is 2.47. The lowest BCUT2D eigenvalue weighted by Crippen LogP contribution is -2.58. The van der Waals surface area contributed by atoms with Crippen molar-refractivity contribution < 1.29 is 19.4 Å². The van der Waals surface area contributed by atoms with Crippen LogP contribution in [0.25, 0.3) is 0 Å². The topological polar surface area (TPSA) is 71.0 Å². The molecule has 0 aromatic heterocycles. The van der Waals surface area contributed by atoms with E-state index in [9.17, 15) is 4.79 Å². The smallest absolute Gasteiger partial charge is 0.410 e. The molecular formula is C18H34N2O4. The third-order valence-corrected chi connectivity index (χ3v) is 4.85. The molecule has 2 rings (SSSR count). The normalized spacial score (nSPS) is 23.2. The van der Waals surface area contributed by atoms with Crippen LogP contribution in [0.15, 0.2) is 0 Å². The third kappa shape index (κ3) is 5.90. The Morgan fingerprint density at radius 3 is 2.67 bits per heavy atom. The summed E-state index contributed by atoms with van der Waals surface area (Å²) in [7, 11) is 0. The standard InChI is InChI=1S/C18H34N2O4/c1-17(2,3)24-16(22)20-13-15(12-18(14-20)6-4-7-18)19-8-5-10-23-11-9-21/h15,19,21H,4-14H2,1-3H3. The van der Waals surface area contributed by atoms with E-state index in [4.69, 9.17) is 14.6 Å². The van der Waals surface area contributed by atoms with Gasteiger partial charge in [0.05, 0.1) is 13.2 Å². The Hall–Kier alpha value is -0.850. The molecule has 1 amide bonds. The van der Waals surface area contributed by atoms with E-state index in [1.807, 2.05) is 25.7 Å². The number of hydrogen-bond acceptors (Lipinski definition) is 5. The molecule has 140 valence electrons. The molecule has 1 aliphatic carbocycles. The summed E-state index contributed by atoms with van der Waals surface area (Å²) in [4.78, 5) is 14.4. The summed E-state index contributed by atoms with van der Waals surface area (Å²) in [5, 5.41) is 12.3. The van der Waals surface area contributed by atoms with Crippen LogP contribution in [0.3, 0.4) is 0 Å². The lowest BCUT2D eigenvalue weighted by atomic mass is 9.63. The number of hydrogen-bond donors (Lipinski definition) is 2. The zero-order valence-corrected chi connectivity index (χ0v) is 15.5. The second-order valence-electron chi connectivity index (χ2n) is 8.26. The lowest BCUT2D eigenvalue weighted by Gasteiger charge is -2.51. The number of likely N-dealkylation sites (tertiary alicyclic amines) is 1. The van der Waals surface area contributed by atoms with Crippen LogP contribution in [0.5, 0.6) is 0 Å². The molecule has 1 atom stereocenters. The van der Waals surface area contributed by atoms with E-state index in [1.165, 1.54) is 19.3 Å². The number of nitrogens with one attached hydrogen (secondary N) is 1. The van der Waals surface area contributed by atoms with Crippen molar-refractivity contribution >= 4 is 6.09 Å². The highest BCUT2D eigenvalue weighted by Gasteiger charge is 2.45. The van der Waals surface area contributed by atoms with E-state index in [2.05, 4.69) is 5.32 Å². The van der Waals surface area contributed by atoms with E-state index >= 15 is 0 Å². The van der Waals surface area contributed by atoms with Crippen LogP contribution in [-0.4, -0.2) is 67.2 Å². The maximum Gasteiger partial charge on any atom is 0.410 e. The Balaban J connectivity index is 1.81. The fourth-order valence-electron chi connectivity index (χ4n) is 3.68. The number of carbonyl (C=O) groups is 1. The lowest BCUT2D eigenvalue weighted by molar-refractivity contribution is -0.0249. The van der Waals surface area contributed by atoms with Gasteiger partial charge in [0.15, 0.2) is 0 Å². The van der Waals surface area contributed by atoms with E-state index < -0.39 is 5.60 Å². The first-order valence-electron chi connectivity index (χ1n) is 9.23. The number of aliphatic hydroxyl groups is 1. The molecule has 0 bridgehead atoms. The van der Waals surface area contributed by atoms with E-state index in [-0.39, 0.29) is 12.7 Å². The molecule has 0 radical (unpaired) electrons. The van der Waals surface area contributed by atoms with Gasteiger partial charge in [0.1, 0.15) is 5.60 Å². The summed E-state index contributed by atoms with van der Waals surface area (Å²) in [6.45, 7) is 9.29. The molecule has 2 fully saturated rings. The molecule has 0 aromatic rings. The van der Waals surface area contributed by atoms with E-state index in [0.717, 1.165) is 25.9 Å². The van der Waals surface area contributed by atoms with Gasteiger partial charge in [-0.05, 0) is 58.4 Å². The van der Waals surface area contributed by atoms with Crippen LogP contribution in [0.4, 0.5) is 4.79 Å². The summed E-state index contributed by atoms with van der Waals surface area (Å²) in [6, 6.07) is 0.324. The number of nitrogens with zero attached hydrogens (tertiary/aromatic N) is 1. The minimum atomic E-state index is -0.450. The summed E-state index contributed by atoms with van der Waals surface area (Å²) in [5.74, 6) is 0. The summed E-state index contributed by atoms with van der Waals surface area (Å²) >= 11 is 0. The molecule has 6 heteroatoms. The number of rotatable bonds is 7. The van der Waals surface area contributed by atoms with E-state index in [1.54, 1.807) is 0 Å². The van der Waals surface area contributed by atoms with Gasteiger partial charge >= 0.3 is 6.09 Å². The largest absolute Gasteiger partial charge is 0.444 e. The summed E-state index contributed by atoms with van der Waals surface area (Å²) in [5.41, 5.74) is -0.158. The zero-order valence-electron chi connectivity index (χ0n) is 15.5. The summed E-state index contributed by atoms with van der Waals surface area (Å²) < 4.78 is 10.9. The molecule has 6 nitrogen and oxygen atoms in total. The van der Waals surface area contributed by atoms with Crippen molar-refractivity contribution in [2.24, 2.45) is 5.41 Å². The van der Waals surface area contributed by atoms with E-state index in [0.29, 0.717) is 31.2 Å². The van der Waals surface area contributed by atoms with Crippen molar-refractivity contribution in [3.05, 3.63) is 0 Å². The number of aliphatic hydroxyl groups excluding tert-OH is 1. The highest BCUT2D eigenvalue weighted by molar-refractivity contribution is 5.68. The minimum Gasteiger partial charge on any atom is -0.444 e. The number of carbonyl (C=O) groups excluding carboxylic acids is 1. The molecule has 0 aromatic carbocycles. The molecule has 1 heterocycles. The quantitative estimate of drug-likeness (QED) is 0.694. The van der Waals surface area contributed by atoms with Crippen LogP contribution in [0.2, 0.25) is 0 Å². The maximum atomic E-state index is 12.5. The molecule has 24 heavy (non-hydrogen) atoms. The molecule has 1 saturated carbocycles. The molecule has 1 unspecified atom stereocenters. The second kappa shape index (κ2) is 8.50. The van der Waals surface area contributed by atoms with Gasteiger partial charge in [0, 0.05) is 25.7 Å². The highest BCUT2D eigenvalue weighted by atomic mass is 16.6. The van der Waals surface area contributed by atoms with Crippen LogP contribution in [0, 0.1) is 5.41 Å². The van der Waals surface area contributed by atoms with Crippen LogP contribution < -0.4 is 5.32 Å². The van der Waals surface area contributed by atoms with Crippen molar-refractivity contribution in [3.8, 4) is 0 Å². The monoisotopic (exact) mass is 342 g/mol. The fraction of sp³-hybridized carbons (Fsp3) is 0.944. The first kappa shape index (κ1) is 19.5. The number of piperidine rings is 1. The first-order valence-corrected chi connectivity index (χ1v) is 9.23.